The van der Waals surface area contributed by atoms with Crippen molar-refractivity contribution in [2.45, 2.75) is 25.4 Å². The number of aromatic nitrogens is 2. The fourth-order valence-corrected chi connectivity index (χ4v) is 4.48. The van der Waals surface area contributed by atoms with Crippen LogP contribution in [-0.4, -0.2) is 48.6 Å². The molecule has 0 amide bonds. The highest BCUT2D eigenvalue weighted by Crippen LogP contribution is 2.21. The molecule has 0 spiro atoms. The minimum atomic E-state index is -3.54. The molecule has 1 saturated heterocycles. The van der Waals surface area contributed by atoms with Gasteiger partial charge < -0.3 is 9.30 Å². The second kappa shape index (κ2) is 7.43. The van der Waals surface area contributed by atoms with Crippen LogP contribution in [0.3, 0.4) is 0 Å². The van der Waals surface area contributed by atoms with Crippen LogP contribution in [0.2, 0.25) is 0 Å². The van der Waals surface area contributed by atoms with Gasteiger partial charge in [-0.1, -0.05) is 18.2 Å². The number of rotatable bonds is 7. The average Bonchev–Trinajstić information content (AvgIpc) is 3.25. The summed E-state index contributed by atoms with van der Waals surface area (Å²) in [6.45, 7) is 1.19. The minimum absolute atomic E-state index is 0.0867. The lowest BCUT2D eigenvalue weighted by molar-refractivity contribution is 0.148. The lowest BCUT2D eigenvalue weighted by Crippen LogP contribution is -2.44. The fraction of sp³-hybridized carbons (Fsp3) is 0.438. The summed E-state index contributed by atoms with van der Waals surface area (Å²) in [6, 6.07) is 7.58. The Morgan fingerprint density at radius 2 is 2.21 bits per heavy atom. The predicted octanol–water partition coefficient (Wildman–Crippen LogP) is 1.32. The summed E-state index contributed by atoms with van der Waals surface area (Å²) in [5, 5.41) is 0. The molecule has 1 atom stereocenters. The number of imidazole rings is 1. The van der Waals surface area contributed by atoms with Crippen molar-refractivity contribution in [1.82, 2.24) is 18.6 Å². The predicted molar refractivity (Wildman–Crippen MR) is 90.9 cm³/mol. The number of hydrogen-bond donors (Lipinski definition) is 1. The van der Waals surface area contributed by atoms with E-state index in [2.05, 4.69) is 9.71 Å². The SMILES string of the molecule is COCC1CCCN1S(=O)(=O)NCc1ccccc1-n1ccnc1. The standard InChI is InChI=1S/C16H22N4O3S/c1-23-12-15-6-4-9-20(15)24(21,22)18-11-14-5-2-3-7-16(14)19-10-8-17-13-19/h2-3,5,7-8,10,13,15,18H,4,6,9,11-12H2,1H3. The first-order valence-corrected chi connectivity index (χ1v) is 9.37. The zero-order valence-corrected chi connectivity index (χ0v) is 14.4. The van der Waals surface area contributed by atoms with Crippen LogP contribution in [0.5, 0.6) is 0 Å². The van der Waals surface area contributed by atoms with Crippen LogP contribution < -0.4 is 4.72 Å². The van der Waals surface area contributed by atoms with Crippen LogP contribution in [-0.2, 0) is 21.5 Å². The number of para-hydroxylation sites is 1. The molecule has 0 radical (unpaired) electrons. The third kappa shape index (κ3) is 3.67. The van der Waals surface area contributed by atoms with Gasteiger partial charge in [0.2, 0.25) is 0 Å². The Balaban J connectivity index is 1.74. The smallest absolute Gasteiger partial charge is 0.280 e. The van der Waals surface area contributed by atoms with Gasteiger partial charge in [0.05, 0.1) is 18.6 Å². The van der Waals surface area contributed by atoms with Gasteiger partial charge in [-0.05, 0) is 24.5 Å². The third-order valence-electron chi connectivity index (χ3n) is 4.21. The van der Waals surface area contributed by atoms with Crippen molar-refractivity contribution in [2.24, 2.45) is 0 Å². The van der Waals surface area contributed by atoms with E-state index in [9.17, 15) is 8.42 Å². The molecule has 1 aliphatic heterocycles. The van der Waals surface area contributed by atoms with E-state index in [1.54, 1.807) is 19.6 Å². The van der Waals surface area contributed by atoms with E-state index in [0.717, 1.165) is 24.1 Å². The number of hydrogen-bond acceptors (Lipinski definition) is 4. The van der Waals surface area contributed by atoms with Gasteiger partial charge in [-0.15, -0.1) is 0 Å². The lowest BCUT2D eigenvalue weighted by Gasteiger charge is -2.24. The van der Waals surface area contributed by atoms with Crippen LogP contribution in [0.1, 0.15) is 18.4 Å². The summed E-state index contributed by atoms with van der Waals surface area (Å²) >= 11 is 0. The number of ether oxygens (including phenoxy) is 1. The molecule has 1 aliphatic rings. The van der Waals surface area contributed by atoms with Gasteiger partial charge in [-0.3, -0.25) is 0 Å². The molecular formula is C16H22N4O3S. The third-order valence-corrected chi connectivity index (χ3v) is 5.82. The van der Waals surface area contributed by atoms with E-state index in [1.807, 2.05) is 35.0 Å². The largest absolute Gasteiger partial charge is 0.383 e. The van der Waals surface area contributed by atoms with Crippen LogP contribution in [0.25, 0.3) is 5.69 Å². The Hall–Kier alpha value is -1.74. The highest BCUT2D eigenvalue weighted by Gasteiger charge is 2.33. The summed E-state index contributed by atoms with van der Waals surface area (Å²) in [5.74, 6) is 0. The Morgan fingerprint density at radius 3 is 2.96 bits per heavy atom. The molecule has 2 heterocycles. The van der Waals surface area contributed by atoms with Gasteiger partial charge in [-0.25, -0.2) is 4.98 Å². The van der Waals surface area contributed by atoms with Gasteiger partial charge in [0, 0.05) is 38.6 Å². The highest BCUT2D eigenvalue weighted by atomic mass is 32.2. The van der Waals surface area contributed by atoms with Gasteiger partial charge in [-0.2, -0.15) is 17.4 Å². The maximum atomic E-state index is 12.6. The Labute approximate surface area is 142 Å². The van der Waals surface area contributed by atoms with Crippen molar-refractivity contribution < 1.29 is 13.2 Å². The zero-order valence-electron chi connectivity index (χ0n) is 13.6. The molecule has 0 saturated carbocycles. The minimum Gasteiger partial charge on any atom is -0.383 e. The molecular weight excluding hydrogens is 328 g/mol. The molecule has 8 heteroatoms. The summed E-state index contributed by atoms with van der Waals surface area (Å²) in [5.41, 5.74) is 1.80. The number of benzene rings is 1. The first-order chi connectivity index (χ1) is 11.6. The summed E-state index contributed by atoms with van der Waals surface area (Å²) in [4.78, 5) is 4.04. The monoisotopic (exact) mass is 350 g/mol. The maximum absolute atomic E-state index is 12.6. The topological polar surface area (TPSA) is 76.5 Å². The van der Waals surface area contributed by atoms with Gasteiger partial charge in [0.15, 0.2) is 0 Å². The molecule has 0 bridgehead atoms. The second-order valence-electron chi connectivity index (χ2n) is 5.79. The van der Waals surface area contributed by atoms with Crippen LogP contribution in [0.4, 0.5) is 0 Å². The number of methoxy groups -OCH3 is 1. The summed E-state index contributed by atoms with van der Waals surface area (Å²) < 4.78 is 36.5. The normalized spacial score (nSPS) is 19.0. The van der Waals surface area contributed by atoms with Gasteiger partial charge in [0.1, 0.15) is 0 Å². The van der Waals surface area contributed by atoms with Gasteiger partial charge >= 0.3 is 0 Å². The summed E-state index contributed by atoms with van der Waals surface area (Å²) in [7, 11) is -1.94. The number of nitrogens with one attached hydrogen (secondary N) is 1. The fourth-order valence-electron chi connectivity index (χ4n) is 3.05. The van der Waals surface area contributed by atoms with Crippen LogP contribution in [0, 0.1) is 0 Å². The first-order valence-electron chi connectivity index (χ1n) is 7.93. The molecule has 0 aliphatic carbocycles. The van der Waals surface area contributed by atoms with Crippen LogP contribution in [0.15, 0.2) is 43.0 Å². The molecule has 1 N–H and O–H groups in total. The van der Waals surface area contributed by atoms with Crippen molar-refractivity contribution in [3.8, 4) is 5.69 Å². The highest BCUT2D eigenvalue weighted by molar-refractivity contribution is 7.87. The van der Waals surface area contributed by atoms with E-state index in [0.29, 0.717) is 13.2 Å². The quantitative estimate of drug-likeness (QED) is 0.817. The van der Waals surface area contributed by atoms with Gasteiger partial charge in [0.25, 0.3) is 10.2 Å². The van der Waals surface area contributed by atoms with E-state index < -0.39 is 10.2 Å². The van der Waals surface area contributed by atoms with E-state index >= 15 is 0 Å². The zero-order chi connectivity index (χ0) is 17.0. The van der Waals surface area contributed by atoms with Crippen molar-refractivity contribution in [2.75, 3.05) is 20.3 Å². The van der Waals surface area contributed by atoms with Crippen LogP contribution >= 0.6 is 0 Å². The average molecular weight is 350 g/mol. The molecule has 7 nitrogen and oxygen atoms in total. The maximum Gasteiger partial charge on any atom is 0.280 e. The van der Waals surface area contributed by atoms with E-state index in [-0.39, 0.29) is 12.6 Å². The second-order valence-corrected chi connectivity index (χ2v) is 7.49. The van der Waals surface area contributed by atoms with E-state index in [4.69, 9.17) is 4.74 Å². The molecule has 1 aromatic carbocycles. The summed E-state index contributed by atoms with van der Waals surface area (Å²) in [6.07, 6.45) is 6.92. The van der Waals surface area contributed by atoms with Crippen molar-refractivity contribution in [1.29, 1.82) is 0 Å². The lowest BCUT2D eigenvalue weighted by atomic mass is 10.2. The Morgan fingerprint density at radius 1 is 1.38 bits per heavy atom. The van der Waals surface area contributed by atoms with Crippen molar-refractivity contribution >= 4 is 10.2 Å². The molecule has 1 aromatic heterocycles. The molecule has 130 valence electrons. The molecule has 3 rings (SSSR count). The van der Waals surface area contributed by atoms with Crippen molar-refractivity contribution in [3.05, 3.63) is 48.5 Å². The van der Waals surface area contributed by atoms with E-state index in [1.165, 1.54) is 4.31 Å². The number of nitrogens with zero attached hydrogens (tertiary/aromatic N) is 3. The molecule has 1 unspecified atom stereocenters. The Kier molecular flexibility index (Phi) is 5.30. The molecule has 24 heavy (non-hydrogen) atoms. The molecule has 2 aromatic rings. The molecule has 1 fully saturated rings. The first kappa shape index (κ1) is 17.1. The Bertz CT molecular complexity index is 761. The van der Waals surface area contributed by atoms with Crippen molar-refractivity contribution in [3.63, 3.8) is 0 Å².